The molecule has 7 heteroatoms. The Labute approximate surface area is 164 Å². The van der Waals surface area contributed by atoms with E-state index in [1.807, 2.05) is 43.7 Å². The molecule has 0 aliphatic heterocycles. The first-order valence-electron chi connectivity index (χ1n) is 9.40. The number of nitrogens with one attached hydrogen (secondary N) is 1. The van der Waals surface area contributed by atoms with Crippen LogP contribution in [0.4, 0.5) is 5.82 Å². The summed E-state index contributed by atoms with van der Waals surface area (Å²) in [5, 5.41) is 11.1. The molecule has 0 unspecified atom stereocenters. The number of rotatable bonds is 7. The first-order chi connectivity index (χ1) is 13.4. The highest BCUT2D eigenvalue weighted by Crippen LogP contribution is 2.23. The summed E-state index contributed by atoms with van der Waals surface area (Å²) in [5.41, 5.74) is 4.04. The van der Waals surface area contributed by atoms with Gasteiger partial charge in [0.2, 0.25) is 0 Å². The molecule has 28 heavy (non-hydrogen) atoms. The number of carbonyl (C=O) groups is 1. The molecular formula is C21H26N4O3. The van der Waals surface area contributed by atoms with Gasteiger partial charge in [0, 0.05) is 18.3 Å². The van der Waals surface area contributed by atoms with E-state index < -0.39 is 0 Å². The van der Waals surface area contributed by atoms with E-state index in [-0.39, 0.29) is 18.2 Å². The largest absolute Gasteiger partial charge is 0.488 e. The highest BCUT2D eigenvalue weighted by Gasteiger charge is 2.21. The number of hydrogen-bond donors (Lipinski definition) is 1. The van der Waals surface area contributed by atoms with Crippen molar-refractivity contribution in [3.8, 4) is 5.75 Å². The van der Waals surface area contributed by atoms with Crippen LogP contribution in [0.15, 0.2) is 28.8 Å². The van der Waals surface area contributed by atoms with Gasteiger partial charge >= 0.3 is 0 Å². The number of aromatic nitrogens is 3. The molecule has 2 aromatic heterocycles. The molecule has 1 N–H and O–H groups in total. The smallest absolute Gasteiger partial charge is 0.279 e. The zero-order valence-corrected chi connectivity index (χ0v) is 17.0. The molecule has 3 aromatic rings. The number of anilines is 1. The average molecular weight is 382 g/mol. The Hall–Kier alpha value is -3.09. The minimum Gasteiger partial charge on any atom is -0.488 e. The van der Waals surface area contributed by atoms with Crippen molar-refractivity contribution >= 4 is 11.7 Å². The van der Waals surface area contributed by atoms with E-state index in [2.05, 4.69) is 28.6 Å². The number of ether oxygens (including phenoxy) is 1. The quantitative estimate of drug-likeness (QED) is 0.657. The molecule has 148 valence electrons. The van der Waals surface area contributed by atoms with Crippen LogP contribution in [0.3, 0.4) is 0 Å². The van der Waals surface area contributed by atoms with E-state index in [0.29, 0.717) is 17.1 Å². The summed E-state index contributed by atoms with van der Waals surface area (Å²) in [7, 11) is 0. The SMILES string of the molecule is CCCn1nc(NC(=O)c2noc(C)c2COc2ccc(C)cc2C)cc1C. The topological polar surface area (TPSA) is 82.2 Å². The van der Waals surface area contributed by atoms with Crippen LogP contribution < -0.4 is 10.1 Å². The lowest BCUT2D eigenvalue weighted by Gasteiger charge is -2.10. The van der Waals surface area contributed by atoms with Crippen molar-refractivity contribution in [2.45, 2.75) is 54.2 Å². The third-order valence-electron chi connectivity index (χ3n) is 4.56. The lowest BCUT2D eigenvalue weighted by molar-refractivity contribution is 0.101. The molecule has 0 radical (unpaired) electrons. The molecule has 0 bridgehead atoms. The Balaban J connectivity index is 1.74. The molecule has 0 spiro atoms. The maximum absolute atomic E-state index is 12.7. The van der Waals surface area contributed by atoms with Crippen LogP contribution in [0.1, 0.15) is 52.0 Å². The lowest BCUT2D eigenvalue weighted by Crippen LogP contribution is -2.16. The van der Waals surface area contributed by atoms with E-state index in [1.54, 1.807) is 6.92 Å². The van der Waals surface area contributed by atoms with Crippen molar-refractivity contribution in [3.05, 3.63) is 58.1 Å². The number of carbonyl (C=O) groups excluding carboxylic acids is 1. The third kappa shape index (κ3) is 4.24. The van der Waals surface area contributed by atoms with Crippen LogP contribution in [0.25, 0.3) is 0 Å². The van der Waals surface area contributed by atoms with Gasteiger partial charge in [-0.3, -0.25) is 9.48 Å². The molecular weight excluding hydrogens is 356 g/mol. The van der Waals surface area contributed by atoms with Crippen LogP contribution in [0.5, 0.6) is 5.75 Å². The van der Waals surface area contributed by atoms with E-state index in [0.717, 1.165) is 30.0 Å². The Morgan fingerprint density at radius 3 is 2.71 bits per heavy atom. The lowest BCUT2D eigenvalue weighted by atomic mass is 10.1. The second-order valence-corrected chi connectivity index (χ2v) is 6.97. The summed E-state index contributed by atoms with van der Waals surface area (Å²) in [6.07, 6.45) is 0.971. The molecule has 2 heterocycles. The molecule has 1 amide bonds. The number of benzene rings is 1. The van der Waals surface area contributed by atoms with Gasteiger partial charge < -0.3 is 14.6 Å². The van der Waals surface area contributed by atoms with E-state index in [1.165, 1.54) is 5.56 Å². The minimum absolute atomic E-state index is 0.200. The van der Waals surface area contributed by atoms with Gasteiger partial charge in [0.05, 0.1) is 5.56 Å². The monoisotopic (exact) mass is 382 g/mol. The predicted molar refractivity (Wildman–Crippen MR) is 107 cm³/mol. The Bertz CT molecular complexity index is 988. The zero-order chi connectivity index (χ0) is 20.3. The molecule has 3 rings (SSSR count). The summed E-state index contributed by atoms with van der Waals surface area (Å²) in [5.74, 6) is 1.46. The van der Waals surface area contributed by atoms with E-state index in [9.17, 15) is 4.79 Å². The van der Waals surface area contributed by atoms with Crippen molar-refractivity contribution < 1.29 is 14.1 Å². The highest BCUT2D eigenvalue weighted by molar-refractivity contribution is 6.03. The van der Waals surface area contributed by atoms with Crippen molar-refractivity contribution in [1.82, 2.24) is 14.9 Å². The molecule has 1 aromatic carbocycles. The minimum atomic E-state index is -0.364. The van der Waals surface area contributed by atoms with Crippen molar-refractivity contribution in [2.75, 3.05) is 5.32 Å². The van der Waals surface area contributed by atoms with Gasteiger partial charge in [0.25, 0.3) is 5.91 Å². The first kappa shape index (κ1) is 19.7. The normalized spacial score (nSPS) is 10.9. The van der Waals surface area contributed by atoms with Crippen LogP contribution >= 0.6 is 0 Å². The molecule has 0 atom stereocenters. The van der Waals surface area contributed by atoms with Crippen molar-refractivity contribution in [3.63, 3.8) is 0 Å². The summed E-state index contributed by atoms with van der Waals surface area (Å²) in [4.78, 5) is 12.7. The highest BCUT2D eigenvalue weighted by atomic mass is 16.5. The van der Waals surface area contributed by atoms with Gasteiger partial charge in [-0.15, -0.1) is 0 Å². The Kier molecular flexibility index (Phi) is 5.82. The fraction of sp³-hybridized carbons (Fsp3) is 0.381. The molecule has 0 aliphatic carbocycles. The molecule has 0 fully saturated rings. The van der Waals surface area contributed by atoms with Gasteiger partial charge in [-0.1, -0.05) is 29.8 Å². The van der Waals surface area contributed by atoms with Crippen molar-refractivity contribution in [1.29, 1.82) is 0 Å². The number of hydrogen-bond acceptors (Lipinski definition) is 5. The van der Waals surface area contributed by atoms with Gasteiger partial charge in [-0.2, -0.15) is 5.10 Å². The maximum atomic E-state index is 12.7. The van der Waals surface area contributed by atoms with Crippen LogP contribution in [0, 0.1) is 27.7 Å². The van der Waals surface area contributed by atoms with Gasteiger partial charge in [-0.25, -0.2) is 0 Å². The standard InChI is InChI=1S/C21H26N4O3/c1-6-9-25-15(4)11-19(23-25)22-21(26)20-17(16(5)28-24-20)12-27-18-8-7-13(2)10-14(18)3/h7-8,10-11H,6,9,12H2,1-5H3,(H,22,23,26). The van der Waals surface area contributed by atoms with Gasteiger partial charge in [-0.05, 0) is 45.7 Å². The second kappa shape index (κ2) is 8.29. The molecule has 0 saturated carbocycles. The van der Waals surface area contributed by atoms with Crippen LogP contribution in [-0.4, -0.2) is 20.8 Å². The Morgan fingerprint density at radius 2 is 2.00 bits per heavy atom. The second-order valence-electron chi connectivity index (χ2n) is 6.97. The van der Waals surface area contributed by atoms with E-state index in [4.69, 9.17) is 9.26 Å². The first-order valence-corrected chi connectivity index (χ1v) is 9.40. The number of nitrogens with zero attached hydrogens (tertiary/aromatic N) is 3. The summed E-state index contributed by atoms with van der Waals surface area (Å²) in [6.45, 7) is 10.8. The summed E-state index contributed by atoms with van der Waals surface area (Å²) in [6, 6.07) is 7.81. The van der Waals surface area contributed by atoms with E-state index >= 15 is 0 Å². The molecule has 0 aliphatic rings. The number of aryl methyl sites for hydroxylation is 5. The predicted octanol–water partition coefficient (Wildman–Crippen LogP) is 4.35. The third-order valence-corrected chi connectivity index (χ3v) is 4.56. The summed E-state index contributed by atoms with van der Waals surface area (Å²) < 4.78 is 13.0. The average Bonchev–Trinajstić information content (AvgIpc) is 3.17. The molecule has 0 saturated heterocycles. The van der Waals surface area contributed by atoms with Crippen LogP contribution in [0.2, 0.25) is 0 Å². The fourth-order valence-electron chi connectivity index (χ4n) is 3.04. The Morgan fingerprint density at radius 1 is 1.21 bits per heavy atom. The molecule has 7 nitrogen and oxygen atoms in total. The maximum Gasteiger partial charge on any atom is 0.279 e. The van der Waals surface area contributed by atoms with Gasteiger partial charge in [0.1, 0.15) is 18.1 Å². The number of amides is 1. The van der Waals surface area contributed by atoms with Gasteiger partial charge in [0.15, 0.2) is 11.5 Å². The zero-order valence-electron chi connectivity index (χ0n) is 17.0. The summed E-state index contributed by atoms with van der Waals surface area (Å²) >= 11 is 0. The fourth-order valence-corrected chi connectivity index (χ4v) is 3.04. The van der Waals surface area contributed by atoms with Crippen LogP contribution in [-0.2, 0) is 13.2 Å². The van der Waals surface area contributed by atoms with Crippen molar-refractivity contribution in [2.24, 2.45) is 0 Å².